The first-order valence-corrected chi connectivity index (χ1v) is 11.0. The number of carbonyl (C=O) groups is 3. The second-order valence-electron chi connectivity index (χ2n) is 8.50. The van der Waals surface area contributed by atoms with Crippen LogP contribution < -0.4 is 4.90 Å². The van der Waals surface area contributed by atoms with Gasteiger partial charge in [0, 0.05) is 23.7 Å². The lowest BCUT2D eigenvalue weighted by molar-refractivity contribution is -0.124. The van der Waals surface area contributed by atoms with Crippen LogP contribution in [0.25, 0.3) is 5.69 Å². The summed E-state index contributed by atoms with van der Waals surface area (Å²) in [5, 5.41) is 4.62. The number of ether oxygens (including phenoxy) is 1. The second kappa shape index (κ2) is 9.90. The molecule has 1 amide bonds. The molecule has 2 aromatic rings. The molecule has 1 heterocycles. The van der Waals surface area contributed by atoms with Gasteiger partial charge in [-0.15, -0.1) is 5.10 Å². The van der Waals surface area contributed by atoms with E-state index in [0.717, 1.165) is 32.0 Å². The molecule has 31 heavy (non-hydrogen) atoms. The van der Waals surface area contributed by atoms with E-state index in [1.807, 2.05) is 13.8 Å². The summed E-state index contributed by atoms with van der Waals surface area (Å²) in [6.07, 6.45) is 6.13. The molecule has 7 nitrogen and oxygen atoms in total. The van der Waals surface area contributed by atoms with Crippen molar-refractivity contribution in [2.45, 2.75) is 59.4 Å². The van der Waals surface area contributed by atoms with Crippen LogP contribution in [-0.4, -0.2) is 40.6 Å². The highest BCUT2D eigenvalue weighted by Crippen LogP contribution is 2.33. The van der Waals surface area contributed by atoms with Crippen molar-refractivity contribution in [2.75, 3.05) is 11.5 Å². The predicted octanol–water partition coefficient (Wildman–Crippen LogP) is 4.43. The average molecular weight is 426 g/mol. The number of benzene rings is 1. The Kier molecular flexibility index (Phi) is 7.25. The van der Waals surface area contributed by atoms with E-state index in [1.54, 1.807) is 47.0 Å². The number of aldehydes is 1. The summed E-state index contributed by atoms with van der Waals surface area (Å²) in [7, 11) is 0. The first kappa shape index (κ1) is 22.7. The summed E-state index contributed by atoms with van der Waals surface area (Å²) < 4.78 is 6.80. The largest absolute Gasteiger partial charge is 0.462 e. The molecule has 0 bridgehead atoms. The van der Waals surface area contributed by atoms with Crippen molar-refractivity contribution in [3.8, 4) is 5.69 Å². The number of rotatable bonds is 7. The van der Waals surface area contributed by atoms with Crippen LogP contribution in [0.1, 0.15) is 74.1 Å². The lowest BCUT2D eigenvalue weighted by Gasteiger charge is -2.32. The van der Waals surface area contributed by atoms with Gasteiger partial charge in [-0.2, -0.15) is 0 Å². The number of hydrogen-bond donors (Lipinski definition) is 0. The molecular weight excluding hydrogens is 394 g/mol. The van der Waals surface area contributed by atoms with Crippen LogP contribution >= 0.6 is 0 Å². The molecule has 1 fully saturated rings. The van der Waals surface area contributed by atoms with Crippen molar-refractivity contribution in [3.63, 3.8) is 0 Å². The van der Waals surface area contributed by atoms with Crippen LogP contribution in [-0.2, 0) is 9.53 Å². The Morgan fingerprint density at radius 1 is 1.19 bits per heavy atom. The van der Waals surface area contributed by atoms with Crippen LogP contribution in [0.15, 0.2) is 30.5 Å². The van der Waals surface area contributed by atoms with Crippen molar-refractivity contribution in [3.05, 3.63) is 41.6 Å². The first-order valence-electron chi connectivity index (χ1n) is 11.0. The van der Waals surface area contributed by atoms with Gasteiger partial charge in [0.05, 0.1) is 12.3 Å². The van der Waals surface area contributed by atoms with Gasteiger partial charge >= 0.3 is 5.97 Å². The highest BCUT2D eigenvalue weighted by Gasteiger charge is 2.34. The van der Waals surface area contributed by atoms with Crippen LogP contribution in [0.2, 0.25) is 0 Å². The number of nitrogens with zero attached hydrogens (tertiary/aromatic N) is 3. The van der Waals surface area contributed by atoms with Gasteiger partial charge in [0.25, 0.3) is 0 Å². The smallest absolute Gasteiger partial charge is 0.343 e. The SMILES string of the molecule is CCOC(=O)c1cn(-c2ccc(C=O)cc2)nc1N(C(=O)C1CCC(C)CC1)C(C)C. The van der Waals surface area contributed by atoms with E-state index in [0.29, 0.717) is 23.0 Å². The molecule has 1 aliphatic rings. The molecular formula is C24H31N3O4. The van der Waals surface area contributed by atoms with Crippen molar-refractivity contribution >= 4 is 24.0 Å². The van der Waals surface area contributed by atoms with Gasteiger partial charge in [-0.05, 0) is 76.6 Å². The number of esters is 1. The maximum Gasteiger partial charge on any atom is 0.343 e. The molecule has 1 aromatic carbocycles. The molecule has 3 rings (SSSR count). The third-order valence-electron chi connectivity index (χ3n) is 5.83. The van der Waals surface area contributed by atoms with Gasteiger partial charge in [-0.25, -0.2) is 9.48 Å². The van der Waals surface area contributed by atoms with Gasteiger partial charge < -0.3 is 4.74 Å². The molecule has 7 heteroatoms. The molecule has 0 spiro atoms. The highest BCUT2D eigenvalue weighted by molar-refractivity contribution is 6.02. The highest BCUT2D eigenvalue weighted by atomic mass is 16.5. The van der Waals surface area contributed by atoms with Crippen molar-refractivity contribution < 1.29 is 19.1 Å². The molecule has 1 aliphatic carbocycles. The summed E-state index contributed by atoms with van der Waals surface area (Å²) in [6, 6.07) is 6.70. The fourth-order valence-corrected chi connectivity index (χ4v) is 4.04. The van der Waals surface area contributed by atoms with Gasteiger partial charge in [0.2, 0.25) is 5.91 Å². The molecule has 0 radical (unpaired) electrons. The molecule has 0 atom stereocenters. The number of aromatic nitrogens is 2. The molecule has 0 unspecified atom stereocenters. The maximum atomic E-state index is 13.5. The third-order valence-corrected chi connectivity index (χ3v) is 5.83. The minimum Gasteiger partial charge on any atom is -0.462 e. The minimum absolute atomic E-state index is 0.00833. The molecule has 0 aliphatic heterocycles. The Morgan fingerprint density at radius 3 is 2.39 bits per heavy atom. The standard InChI is InChI=1S/C24H31N3O4/c1-5-31-24(30)21-14-26(20-12-8-18(15-28)9-13-20)25-22(21)27(16(2)3)23(29)19-10-6-17(4)7-11-19/h8-9,12-17,19H,5-7,10-11H2,1-4H3. The van der Waals surface area contributed by atoms with Crippen molar-refractivity contribution in [1.29, 1.82) is 0 Å². The summed E-state index contributed by atoms with van der Waals surface area (Å²) in [6.45, 7) is 8.05. The van der Waals surface area contributed by atoms with E-state index in [2.05, 4.69) is 12.0 Å². The molecule has 0 N–H and O–H groups in total. The van der Waals surface area contributed by atoms with Gasteiger partial charge in [0.15, 0.2) is 5.82 Å². The quantitative estimate of drug-likeness (QED) is 0.484. The summed E-state index contributed by atoms with van der Waals surface area (Å²) in [5.41, 5.74) is 1.49. The molecule has 1 saturated carbocycles. The van der Waals surface area contributed by atoms with E-state index >= 15 is 0 Å². The lowest BCUT2D eigenvalue weighted by Crippen LogP contribution is -2.43. The number of amides is 1. The van der Waals surface area contributed by atoms with Crippen LogP contribution in [0.5, 0.6) is 0 Å². The summed E-state index contributed by atoms with van der Waals surface area (Å²) in [5.74, 6) is 0.389. The Bertz CT molecular complexity index is 925. The summed E-state index contributed by atoms with van der Waals surface area (Å²) >= 11 is 0. The van der Waals surface area contributed by atoms with Crippen LogP contribution in [0, 0.1) is 11.8 Å². The topological polar surface area (TPSA) is 81.5 Å². The Hall–Kier alpha value is -2.96. The third kappa shape index (κ3) is 5.03. The van der Waals surface area contributed by atoms with Gasteiger partial charge in [0.1, 0.15) is 11.8 Å². The Balaban J connectivity index is 2.02. The predicted molar refractivity (Wildman–Crippen MR) is 119 cm³/mol. The monoisotopic (exact) mass is 425 g/mol. The first-order chi connectivity index (χ1) is 14.8. The molecule has 1 aromatic heterocycles. The minimum atomic E-state index is -0.510. The maximum absolute atomic E-state index is 13.5. The van der Waals surface area contributed by atoms with E-state index in [4.69, 9.17) is 4.74 Å². The van der Waals surface area contributed by atoms with E-state index in [9.17, 15) is 14.4 Å². The number of anilines is 1. The van der Waals surface area contributed by atoms with E-state index < -0.39 is 5.97 Å². The second-order valence-corrected chi connectivity index (χ2v) is 8.50. The zero-order valence-corrected chi connectivity index (χ0v) is 18.7. The summed E-state index contributed by atoms with van der Waals surface area (Å²) in [4.78, 5) is 38.8. The van der Waals surface area contributed by atoms with Gasteiger partial charge in [-0.1, -0.05) is 6.92 Å². The van der Waals surface area contributed by atoms with E-state index in [-0.39, 0.29) is 30.0 Å². The van der Waals surface area contributed by atoms with Gasteiger partial charge in [-0.3, -0.25) is 14.5 Å². The number of carbonyl (C=O) groups excluding carboxylic acids is 3. The van der Waals surface area contributed by atoms with E-state index in [1.165, 1.54) is 0 Å². The zero-order valence-electron chi connectivity index (χ0n) is 18.7. The molecule has 166 valence electrons. The van der Waals surface area contributed by atoms with Crippen molar-refractivity contribution in [2.24, 2.45) is 11.8 Å². The fraction of sp³-hybridized carbons (Fsp3) is 0.500. The van der Waals surface area contributed by atoms with Crippen LogP contribution in [0.3, 0.4) is 0 Å². The van der Waals surface area contributed by atoms with Crippen molar-refractivity contribution in [1.82, 2.24) is 9.78 Å². The Labute approximate surface area is 183 Å². The average Bonchev–Trinajstić information content (AvgIpc) is 3.19. The lowest BCUT2D eigenvalue weighted by atomic mass is 9.82. The Morgan fingerprint density at radius 2 is 1.84 bits per heavy atom. The number of hydrogen-bond acceptors (Lipinski definition) is 5. The fourth-order valence-electron chi connectivity index (χ4n) is 4.04. The normalized spacial score (nSPS) is 18.6. The molecule has 0 saturated heterocycles. The van der Waals surface area contributed by atoms with Crippen LogP contribution in [0.4, 0.5) is 5.82 Å². The zero-order chi connectivity index (χ0) is 22.5.